The van der Waals surface area contributed by atoms with Crippen molar-refractivity contribution in [2.75, 3.05) is 7.05 Å². The predicted molar refractivity (Wildman–Crippen MR) is 60.1 cm³/mol. The number of amides is 1. The third kappa shape index (κ3) is 6.08. The van der Waals surface area contributed by atoms with Crippen LogP contribution in [0.2, 0.25) is 0 Å². The lowest BCUT2D eigenvalue weighted by molar-refractivity contribution is -0.124. The fraction of sp³-hybridized carbons (Fsp3) is 0.900. The third-order valence-electron chi connectivity index (χ3n) is 2.21. The number of halogens is 1. The molecule has 2 atom stereocenters. The first kappa shape index (κ1) is 12.9. The molecule has 78 valence electrons. The zero-order valence-corrected chi connectivity index (χ0v) is 10.4. The van der Waals surface area contributed by atoms with Crippen LogP contribution in [0.25, 0.3) is 0 Å². The normalized spacial score (nSPS) is 15.1. The Morgan fingerprint density at radius 2 is 2.00 bits per heavy atom. The van der Waals surface area contributed by atoms with Gasteiger partial charge in [0.15, 0.2) is 0 Å². The summed E-state index contributed by atoms with van der Waals surface area (Å²) in [4.78, 5) is 11.7. The Morgan fingerprint density at radius 1 is 1.38 bits per heavy atom. The number of hydrogen-bond acceptors (Lipinski definition) is 1. The number of nitrogens with one attached hydrogen (secondary N) is 1. The van der Waals surface area contributed by atoms with E-state index in [9.17, 15) is 4.79 Å². The van der Waals surface area contributed by atoms with Crippen molar-refractivity contribution in [2.45, 2.75) is 44.4 Å². The van der Waals surface area contributed by atoms with Crippen LogP contribution in [0, 0.1) is 5.92 Å². The van der Waals surface area contributed by atoms with Crippen molar-refractivity contribution in [3.05, 3.63) is 0 Å². The minimum atomic E-state index is 0.141. The second-order valence-electron chi connectivity index (χ2n) is 3.48. The van der Waals surface area contributed by atoms with Crippen LogP contribution in [0.15, 0.2) is 0 Å². The van der Waals surface area contributed by atoms with Gasteiger partial charge in [-0.1, -0.05) is 36.2 Å². The SMILES string of the molecule is CCCC(Br)CCC(C)C(=O)NC. The Kier molecular flexibility index (Phi) is 7.33. The molecule has 0 aliphatic rings. The van der Waals surface area contributed by atoms with Gasteiger partial charge in [0.2, 0.25) is 5.91 Å². The van der Waals surface area contributed by atoms with Crippen LogP contribution >= 0.6 is 15.9 Å². The highest BCUT2D eigenvalue weighted by Crippen LogP contribution is 2.17. The maximum absolute atomic E-state index is 11.2. The first-order valence-corrected chi connectivity index (χ1v) is 5.89. The van der Waals surface area contributed by atoms with E-state index in [1.54, 1.807) is 7.05 Å². The summed E-state index contributed by atoms with van der Waals surface area (Å²) < 4.78 is 0. The highest BCUT2D eigenvalue weighted by atomic mass is 79.9. The molecule has 1 N–H and O–H groups in total. The van der Waals surface area contributed by atoms with Gasteiger partial charge in [-0.15, -0.1) is 0 Å². The van der Waals surface area contributed by atoms with Crippen LogP contribution in [-0.4, -0.2) is 17.8 Å². The zero-order valence-electron chi connectivity index (χ0n) is 8.77. The molecule has 0 heterocycles. The number of alkyl halides is 1. The fourth-order valence-corrected chi connectivity index (χ4v) is 1.99. The van der Waals surface area contributed by atoms with E-state index in [-0.39, 0.29) is 11.8 Å². The van der Waals surface area contributed by atoms with Gasteiger partial charge in [-0.3, -0.25) is 4.79 Å². The van der Waals surface area contributed by atoms with Gasteiger partial charge < -0.3 is 5.32 Å². The van der Waals surface area contributed by atoms with Crippen molar-refractivity contribution in [3.8, 4) is 0 Å². The summed E-state index contributed by atoms with van der Waals surface area (Å²) in [7, 11) is 1.69. The molecule has 0 aliphatic heterocycles. The topological polar surface area (TPSA) is 29.1 Å². The van der Waals surface area contributed by atoms with E-state index < -0.39 is 0 Å². The lowest BCUT2D eigenvalue weighted by atomic mass is 10.0. The van der Waals surface area contributed by atoms with E-state index in [1.807, 2.05) is 6.92 Å². The monoisotopic (exact) mass is 249 g/mol. The van der Waals surface area contributed by atoms with Crippen molar-refractivity contribution in [1.29, 1.82) is 0 Å². The van der Waals surface area contributed by atoms with Crippen LogP contribution < -0.4 is 5.32 Å². The maximum atomic E-state index is 11.2. The molecule has 0 saturated heterocycles. The number of carbonyl (C=O) groups is 1. The van der Waals surface area contributed by atoms with Gasteiger partial charge in [0, 0.05) is 17.8 Å². The summed E-state index contributed by atoms with van der Waals surface area (Å²) >= 11 is 3.61. The van der Waals surface area contributed by atoms with E-state index in [0.717, 1.165) is 12.8 Å². The minimum absolute atomic E-state index is 0.141. The van der Waals surface area contributed by atoms with Crippen LogP contribution in [-0.2, 0) is 4.79 Å². The number of rotatable bonds is 6. The molecular weight excluding hydrogens is 230 g/mol. The first-order valence-electron chi connectivity index (χ1n) is 4.97. The quantitative estimate of drug-likeness (QED) is 0.721. The molecule has 0 aromatic heterocycles. The largest absolute Gasteiger partial charge is 0.359 e. The van der Waals surface area contributed by atoms with Gasteiger partial charge in [0.05, 0.1) is 0 Å². The van der Waals surface area contributed by atoms with Crippen molar-refractivity contribution in [2.24, 2.45) is 5.92 Å². The van der Waals surface area contributed by atoms with Crippen LogP contribution in [0.5, 0.6) is 0 Å². The molecule has 0 aromatic rings. The minimum Gasteiger partial charge on any atom is -0.359 e. The Morgan fingerprint density at radius 3 is 2.46 bits per heavy atom. The molecule has 0 saturated carbocycles. The molecule has 2 nitrogen and oxygen atoms in total. The molecule has 2 unspecified atom stereocenters. The molecule has 3 heteroatoms. The summed E-state index contributed by atoms with van der Waals surface area (Å²) in [5, 5.41) is 2.67. The van der Waals surface area contributed by atoms with E-state index in [1.165, 1.54) is 12.8 Å². The lowest BCUT2D eigenvalue weighted by Crippen LogP contribution is -2.25. The highest BCUT2D eigenvalue weighted by molar-refractivity contribution is 9.09. The Balaban J connectivity index is 3.56. The summed E-state index contributed by atoms with van der Waals surface area (Å²) in [6, 6.07) is 0. The molecule has 0 fully saturated rings. The number of carbonyl (C=O) groups excluding carboxylic acids is 1. The molecule has 0 aliphatic carbocycles. The lowest BCUT2D eigenvalue weighted by Gasteiger charge is -2.12. The molecule has 1 amide bonds. The van der Waals surface area contributed by atoms with E-state index in [2.05, 4.69) is 28.2 Å². The molecule has 0 radical (unpaired) electrons. The Labute approximate surface area is 89.6 Å². The summed E-state index contributed by atoms with van der Waals surface area (Å²) in [6.07, 6.45) is 4.45. The smallest absolute Gasteiger partial charge is 0.222 e. The molecule has 0 spiro atoms. The van der Waals surface area contributed by atoms with E-state index >= 15 is 0 Å². The van der Waals surface area contributed by atoms with E-state index in [4.69, 9.17) is 0 Å². The number of hydrogen-bond donors (Lipinski definition) is 1. The van der Waals surface area contributed by atoms with Crippen molar-refractivity contribution in [3.63, 3.8) is 0 Å². The standard InChI is InChI=1S/C10H20BrNO/c1-4-5-9(11)7-6-8(2)10(13)12-3/h8-9H,4-7H2,1-3H3,(H,12,13). The van der Waals surface area contributed by atoms with E-state index in [0.29, 0.717) is 4.83 Å². The fourth-order valence-electron chi connectivity index (χ4n) is 1.27. The van der Waals surface area contributed by atoms with Gasteiger partial charge >= 0.3 is 0 Å². The summed E-state index contributed by atoms with van der Waals surface area (Å²) in [6.45, 7) is 4.15. The molecule has 0 aromatic carbocycles. The third-order valence-corrected chi connectivity index (χ3v) is 3.12. The molecular formula is C10H20BrNO. The Hall–Kier alpha value is -0.0500. The average molecular weight is 250 g/mol. The molecule has 0 bridgehead atoms. The van der Waals surface area contributed by atoms with Gasteiger partial charge in [-0.25, -0.2) is 0 Å². The second-order valence-corrected chi connectivity index (χ2v) is 4.77. The van der Waals surface area contributed by atoms with Gasteiger partial charge in [-0.05, 0) is 19.3 Å². The molecule has 13 heavy (non-hydrogen) atoms. The molecule has 0 rings (SSSR count). The average Bonchev–Trinajstić information content (AvgIpc) is 2.13. The second kappa shape index (κ2) is 7.36. The predicted octanol–water partition coefficient (Wildman–Crippen LogP) is 2.71. The van der Waals surface area contributed by atoms with Crippen molar-refractivity contribution >= 4 is 21.8 Å². The maximum Gasteiger partial charge on any atom is 0.222 e. The van der Waals surface area contributed by atoms with Gasteiger partial charge in [0.1, 0.15) is 0 Å². The van der Waals surface area contributed by atoms with Gasteiger partial charge in [0.25, 0.3) is 0 Å². The van der Waals surface area contributed by atoms with Crippen LogP contribution in [0.1, 0.15) is 39.5 Å². The van der Waals surface area contributed by atoms with Gasteiger partial charge in [-0.2, -0.15) is 0 Å². The first-order chi connectivity index (χ1) is 6.11. The highest BCUT2D eigenvalue weighted by Gasteiger charge is 2.12. The van der Waals surface area contributed by atoms with Crippen molar-refractivity contribution in [1.82, 2.24) is 5.32 Å². The zero-order chi connectivity index (χ0) is 10.3. The summed E-state index contributed by atoms with van der Waals surface area (Å²) in [5.41, 5.74) is 0. The summed E-state index contributed by atoms with van der Waals surface area (Å²) in [5.74, 6) is 0.290. The van der Waals surface area contributed by atoms with Crippen LogP contribution in [0.4, 0.5) is 0 Å². The Bertz CT molecular complexity index is 150. The van der Waals surface area contributed by atoms with Crippen molar-refractivity contribution < 1.29 is 4.79 Å². The van der Waals surface area contributed by atoms with Crippen LogP contribution in [0.3, 0.4) is 0 Å².